The van der Waals surface area contributed by atoms with E-state index in [0.717, 1.165) is 33.3 Å². The largest absolute Gasteiger partial charge is 0.356 e. The van der Waals surface area contributed by atoms with Gasteiger partial charge in [0.15, 0.2) is 0 Å². The van der Waals surface area contributed by atoms with Gasteiger partial charge in [-0.2, -0.15) is 0 Å². The number of carbonyl (C=O) groups is 2. The molecule has 1 fully saturated rings. The van der Waals surface area contributed by atoms with Crippen LogP contribution in [0.15, 0.2) is 72.8 Å². The van der Waals surface area contributed by atoms with Gasteiger partial charge in [0.1, 0.15) is 11.9 Å². The number of nitrogens with one attached hydrogen (secondary N) is 1. The van der Waals surface area contributed by atoms with Crippen LogP contribution in [0.3, 0.4) is 0 Å². The number of hydrogen-bond acceptors (Lipinski definition) is 2. The summed E-state index contributed by atoms with van der Waals surface area (Å²) in [6.45, 7) is 2.35. The van der Waals surface area contributed by atoms with Crippen LogP contribution in [0.1, 0.15) is 34.0 Å². The summed E-state index contributed by atoms with van der Waals surface area (Å²) in [7, 11) is 0. The first-order valence-corrected chi connectivity index (χ1v) is 12.0. The van der Waals surface area contributed by atoms with Crippen molar-refractivity contribution in [3.8, 4) is 0 Å². The number of H-pyrrole nitrogens is 1. The van der Waals surface area contributed by atoms with Gasteiger partial charge < -0.3 is 14.8 Å². The predicted molar refractivity (Wildman–Crippen MR) is 132 cm³/mol. The molecule has 176 valence electrons. The van der Waals surface area contributed by atoms with Crippen LogP contribution in [0, 0.1) is 12.7 Å². The molecule has 1 N–H and O–H groups in total. The van der Waals surface area contributed by atoms with Gasteiger partial charge in [0, 0.05) is 29.6 Å². The molecule has 0 bridgehead atoms. The third kappa shape index (κ3) is 3.52. The Hall–Kier alpha value is -3.93. The summed E-state index contributed by atoms with van der Waals surface area (Å²) in [5, 5.41) is 1.09. The maximum Gasteiger partial charge on any atom is 0.246 e. The minimum Gasteiger partial charge on any atom is -0.356 e. The molecule has 0 spiro atoms. The van der Waals surface area contributed by atoms with Crippen LogP contribution >= 0.6 is 0 Å². The van der Waals surface area contributed by atoms with E-state index in [1.807, 2.05) is 49.4 Å². The Morgan fingerprint density at radius 1 is 0.971 bits per heavy atom. The second kappa shape index (κ2) is 8.38. The van der Waals surface area contributed by atoms with Crippen molar-refractivity contribution >= 4 is 22.7 Å². The monoisotopic (exact) mass is 467 g/mol. The highest BCUT2D eigenvalue weighted by Crippen LogP contribution is 2.43. The number of amides is 2. The van der Waals surface area contributed by atoms with Crippen molar-refractivity contribution in [3.05, 3.63) is 107 Å². The Balaban J connectivity index is 1.41. The predicted octanol–water partition coefficient (Wildman–Crippen LogP) is 4.54. The van der Waals surface area contributed by atoms with E-state index in [1.165, 1.54) is 6.07 Å². The lowest BCUT2D eigenvalue weighted by Gasteiger charge is -2.47. The van der Waals surface area contributed by atoms with Crippen molar-refractivity contribution in [3.63, 3.8) is 0 Å². The molecule has 0 aliphatic carbocycles. The topological polar surface area (TPSA) is 56.4 Å². The maximum atomic E-state index is 14.2. The average Bonchev–Trinajstić information content (AvgIpc) is 3.24. The summed E-state index contributed by atoms with van der Waals surface area (Å²) < 4.78 is 14.2. The van der Waals surface area contributed by atoms with Crippen LogP contribution < -0.4 is 0 Å². The van der Waals surface area contributed by atoms with E-state index in [9.17, 15) is 14.0 Å². The SMILES string of the molecule is Cc1ccccc1[C@@H]1c2[nH]c3ccccc3c2C[C@H]2C(=O)N(CCc3ccccc3F)CC(=O)N12. The molecule has 1 saturated heterocycles. The molecule has 0 unspecified atom stereocenters. The molecule has 1 aromatic heterocycles. The first-order chi connectivity index (χ1) is 17.0. The van der Waals surface area contributed by atoms with Crippen LogP contribution in [-0.4, -0.2) is 45.7 Å². The van der Waals surface area contributed by atoms with Crippen LogP contribution in [0.25, 0.3) is 10.9 Å². The fraction of sp³-hybridized carbons (Fsp3) is 0.241. The lowest BCUT2D eigenvalue weighted by atomic mass is 9.85. The van der Waals surface area contributed by atoms with E-state index in [1.54, 1.807) is 28.0 Å². The Labute approximate surface area is 203 Å². The highest BCUT2D eigenvalue weighted by molar-refractivity contribution is 5.97. The second-order valence-electron chi connectivity index (χ2n) is 9.44. The first-order valence-electron chi connectivity index (χ1n) is 12.0. The Bertz CT molecular complexity index is 1460. The minimum absolute atomic E-state index is 0.00172. The molecule has 4 aromatic rings. The Morgan fingerprint density at radius 3 is 2.54 bits per heavy atom. The number of piperazine rings is 1. The van der Waals surface area contributed by atoms with Gasteiger partial charge in [0.25, 0.3) is 0 Å². The van der Waals surface area contributed by atoms with Crippen LogP contribution in [0.4, 0.5) is 4.39 Å². The highest BCUT2D eigenvalue weighted by Gasteiger charge is 2.48. The van der Waals surface area contributed by atoms with Crippen molar-refractivity contribution < 1.29 is 14.0 Å². The van der Waals surface area contributed by atoms with Crippen LogP contribution in [-0.2, 0) is 22.4 Å². The van der Waals surface area contributed by atoms with E-state index in [0.29, 0.717) is 24.9 Å². The molecule has 0 radical (unpaired) electrons. The van der Waals surface area contributed by atoms with Crippen molar-refractivity contribution in [2.45, 2.75) is 31.8 Å². The zero-order valence-electron chi connectivity index (χ0n) is 19.5. The van der Waals surface area contributed by atoms with Gasteiger partial charge in [0.05, 0.1) is 12.6 Å². The number of halogens is 1. The number of benzene rings is 3. The zero-order valence-corrected chi connectivity index (χ0v) is 19.5. The molecular formula is C29H26FN3O2. The molecule has 2 amide bonds. The fourth-order valence-corrected chi connectivity index (χ4v) is 5.69. The minimum atomic E-state index is -0.590. The van der Waals surface area contributed by atoms with Crippen LogP contribution in [0.2, 0.25) is 0 Å². The standard InChI is InChI=1S/C29H26FN3O2/c1-18-8-2-4-10-20(18)28-27-22(21-11-5-7-13-24(21)31-27)16-25-29(35)32(17-26(34)33(25)28)15-14-19-9-3-6-12-23(19)30/h2-13,25,28,31H,14-17H2,1H3/t25-,28+/m0/s1. The quantitative estimate of drug-likeness (QED) is 0.479. The normalized spacial score (nSPS) is 19.7. The molecule has 6 rings (SSSR count). The highest BCUT2D eigenvalue weighted by atomic mass is 19.1. The van der Waals surface area contributed by atoms with Crippen molar-refractivity contribution in [1.29, 1.82) is 0 Å². The van der Waals surface area contributed by atoms with E-state index >= 15 is 0 Å². The molecule has 2 atom stereocenters. The molecule has 3 heterocycles. The number of aromatic nitrogens is 1. The van der Waals surface area contributed by atoms with Crippen LogP contribution in [0.5, 0.6) is 0 Å². The smallest absolute Gasteiger partial charge is 0.246 e. The van der Waals surface area contributed by atoms with Gasteiger partial charge in [-0.25, -0.2) is 4.39 Å². The summed E-state index contributed by atoms with van der Waals surface area (Å²) >= 11 is 0. The van der Waals surface area contributed by atoms with Gasteiger partial charge in [-0.3, -0.25) is 9.59 Å². The van der Waals surface area contributed by atoms with Gasteiger partial charge in [-0.1, -0.05) is 60.7 Å². The van der Waals surface area contributed by atoms with Gasteiger partial charge in [0.2, 0.25) is 11.8 Å². The first kappa shape index (κ1) is 21.6. The molecule has 35 heavy (non-hydrogen) atoms. The summed E-state index contributed by atoms with van der Waals surface area (Å²) in [6, 6.07) is 21.8. The molecule has 5 nitrogen and oxygen atoms in total. The van der Waals surface area contributed by atoms with Crippen molar-refractivity contribution in [1.82, 2.24) is 14.8 Å². The van der Waals surface area contributed by atoms with E-state index in [4.69, 9.17) is 0 Å². The Morgan fingerprint density at radius 2 is 1.71 bits per heavy atom. The number of carbonyl (C=O) groups excluding carboxylic acids is 2. The summed E-state index contributed by atoms with van der Waals surface area (Å²) in [6.07, 6.45) is 0.834. The number of para-hydroxylation sites is 1. The number of hydrogen-bond donors (Lipinski definition) is 1. The molecular weight excluding hydrogens is 441 g/mol. The lowest BCUT2D eigenvalue weighted by Crippen LogP contribution is -2.63. The lowest BCUT2D eigenvalue weighted by molar-refractivity contribution is -0.158. The number of fused-ring (bicyclic) bond motifs is 4. The molecule has 3 aromatic carbocycles. The molecule has 2 aliphatic rings. The summed E-state index contributed by atoms with van der Waals surface area (Å²) in [4.78, 5) is 34.3. The molecule has 6 heteroatoms. The second-order valence-corrected chi connectivity index (χ2v) is 9.44. The number of rotatable bonds is 4. The number of aromatic amines is 1. The van der Waals surface area contributed by atoms with Gasteiger partial charge in [-0.15, -0.1) is 0 Å². The number of nitrogens with zero attached hydrogens (tertiary/aromatic N) is 2. The summed E-state index contributed by atoms with van der Waals surface area (Å²) in [5.41, 5.74) is 5.73. The zero-order chi connectivity index (χ0) is 24.1. The average molecular weight is 468 g/mol. The summed E-state index contributed by atoms with van der Waals surface area (Å²) in [5.74, 6) is -0.443. The Kier molecular flexibility index (Phi) is 5.17. The van der Waals surface area contributed by atoms with Gasteiger partial charge >= 0.3 is 0 Å². The third-order valence-electron chi connectivity index (χ3n) is 7.43. The van der Waals surface area contributed by atoms with Crippen molar-refractivity contribution in [2.75, 3.05) is 13.1 Å². The third-order valence-corrected chi connectivity index (χ3v) is 7.43. The van der Waals surface area contributed by atoms with Crippen molar-refractivity contribution in [2.24, 2.45) is 0 Å². The molecule has 0 saturated carbocycles. The maximum absolute atomic E-state index is 14.2. The number of aryl methyl sites for hydroxylation is 1. The van der Waals surface area contributed by atoms with E-state index in [-0.39, 0.29) is 30.2 Å². The molecule has 2 aliphatic heterocycles. The fourth-order valence-electron chi connectivity index (χ4n) is 5.69. The van der Waals surface area contributed by atoms with E-state index in [2.05, 4.69) is 11.1 Å². The van der Waals surface area contributed by atoms with Gasteiger partial charge in [-0.05, 0) is 47.7 Å². The van der Waals surface area contributed by atoms with E-state index < -0.39 is 6.04 Å².